The topological polar surface area (TPSA) is 349 Å². The molecule has 2 aliphatic rings. The maximum atomic E-state index is 12.2. The van der Waals surface area contributed by atoms with E-state index in [1.807, 2.05) is 57.2 Å². The Kier molecular flexibility index (Phi) is 42.4. The number of likely N-dealkylation sites (N-methyl/N-ethyl adjacent to an activating group) is 1. The van der Waals surface area contributed by atoms with Gasteiger partial charge in [-0.2, -0.15) is 0 Å². The molecule has 0 spiro atoms. The molecule has 2 aliphatic heterocycles. The Morgan fingerprint density at radius 1 is 0.821 bits per heavy atom. The van der Waals surface area contributed by atoms with Crippen LogP contribution in [0, 0.1) is 17.8 Å². The molecule has 0 saturated carbocycles. The Labute approximate surface area is 466 Å². The maximum absolute atomic E-state index is 12.2. The van der Waals surface area contributed by atoms with Crippen LogP contribution >= 0.6 is 0 Å². The van der Waals surface area contributed by atoms with E-state index in [1.165, 1.54) is 39.0 Å². The highest BCUT2D eigenvalue weighted by molar-refractivity contribution is 5.71. The number of allylic oxidation sites excluding steroid dienone is 10. The van der Waals surface area contributed by atoms with Gasteiger partial charge in [-0.15, -0.1) is 0 Å². The van der Waals surface area contributed by atoms with Crippen molar-refractivity contribution >= 4 is 11.9 Å². The number of carboxylic acid groups (broad SMARTS) is 1. The summed E-state index contributed by atoms with van der Waals surface area (Å²) in [6.07, 6.45) is 12.3. The van der Waals surface area contributed by atoms with Crippen LogP contribution in [0.25, 0.3) is 0 Å². The number of carbonyl (C=O) groups is 2. The van der Waals surface area contributed by atoms with E-state index in [4.69, 9.17) is 24.7 Å². The first-order valence-electron chi connectivity index (χ1n) is 27.5. The van der Waals surface area contributed by atoms with Crippen molar-refractivity contribution in [3.63, 3.8) is 0 Å². The number of hydrogen-bond donors (Lipinski definition) is 13. The molecule has 20 heteroatoms. The summed E-state index contributed by atoms with van der Waals surface area (Å²) in [4.78, 5) is 25.8. The number of unbranched alkanes of at least 4 members (excludes halogenated alkanes) is 2. The highest BCUT2D eigenvalue weighted by atomic mass is 16.7. The van der Waals surface area contributed by atoms with Crippen LogP contribution in [0.3, 0.4) is 0 Å². The number of carbonyl (C=O) groups excluding carboxylic acids is 1. The van der Waals surface area contributed by atoms with E-state index in [9.17, 15) is 65.8 Å². The number of esters is 1. The molecule has 2 fully saturated rings. The summed E-state index contributed by atoms with van der Waals surface area (Å²) >= 11 is 0. The molecule has 2 rings (SSSR count). The highest BCUT2D eigenvalue weighted by Crippen LogP contribution is 2.38. The summed E-state index contributed by atoms with van der Waals surface area (Å²) in [5.74, 6) is -5.89. The molecule has 0 aliphatic carbocycles. The standard InChI is InChI=1S/C29H48O6.C24H41NO11.C4H11N.CH5N/c1-6-8-9-10-11-12-13-14-15-16-18-22(3)29(34)23(4)24(5)35-28(33)21-27(32)20-26(31)19-25(30)17-7-2;1-6-7-8-14(35-23-21(30)19(25(4)5)20(29)13(3)34-23)9-17-18(22(31)32)16(28)11-24(33,36-17)10-15(27)12(2)26;1-2-3-4-5;1-2/h6,8-11,14-16,18,22-27,29-32,34H,1,7,12-13,17,19-21H2,2-5H3;6-8,12-21,23,26-30,33H,1,9-11H2,2-5H3,(H,31,32);2-5H2,1H3;2H2,1H3/b9-8+,11-10+,15-14+,18-16+;8-7+;;/t22-,23-,24-,25+,26+,27+,29+;12-,13-,14+,15-,16+,17+,18?,19+,20-,21+,23?,24-;;/m01../s1. The molecule has 0 amide bonds. The van der Waals surface area contributed by atoms with E-state index in [2.05, 4.69) is 38.0 Å². The van der Waals surface area contributed by atoms with Crippen molar-refractivity contribution in [1.82, 2.24) is 4.90 Å². The fraction of sp³-hybridized carbons (Fsp3) is 0.724. The zero-order valence-electron chi connectivity index (χ0n) is 48.4. The molecule has 0 aromatic heterocycles. The molecule has 2 saturated heterocycles. The SMILES string of the molecule is C=C/C=C/C=C/CC/C=C/C=C/[C@H](C)[C@@H](O)[C@@H](C)[C@H](C)OC(=O)C[C@H](O)C[C@H](O)C[C@H](O)CCC.C=C/C=C/[C@@H](C[C@@H]1O[C@](O)(C[C@@H](O)[C@@H](C)O)C[C@H](O)C1C(=O)O)OC1O[C@H](C)[C@@H](O)[C@H](N(C)C)[C@@H]1O.CCCCN.CN. The number of aliphatic carboxylic acids is 1. The number of nitrogens with zero attached hydrogens (tertiary/aromatic N) is 1. The van der Waals surface area contributed by atoms with Crippen molar-refractivity contribution in [1.29, 1.82) is 0 Å². The van der Waals surface area contributed by atoms with Crippen LogP contribution in [0.15, 0.2) is 86.1 Å². The first-order chi connectivity index (χ1) is 36.7. The van der Waals surface area contributed by atoms with Gasteiger partial charge in [-0.3, -0.25) is 9.59 Å². The van der Waals surface area contributed by atoms with Gasteiger partial charge in [-0.05, 0) is 87.0 Å². The fourth-order valence-electron chi connectivity index (χ4n) is 8.58. The van der Waals surface area contributed by atoms with Gasteiger partial charge in [-0.25, -0.2) is 0 Å². The molecule has 0 bridgehead atoms. The molecule has 15 N–H and O–H groups in total. The van der Waals surface area contributed by atoms with Crippen molar-refractivity contribution < 1.29 is 84.7 Å². The zero-order chi connectivity index (χ0) is 60.1. The van der Waals surface area contributed by atoms with Crippen LogP contribution in [-0.4, -0.2) is 198 Å². The van der Waals surface area contributed by atoms with Crippen LogP contribution in [0.2, 0.25) is 0 Å². The van der Waals surface area contributed by atoms with Crippen LogP contribution in [-0.2, 0) is 28.5 Å². The number of aliphatic hydroxyl groups is 10. The Bertz CT molecular complexity index is 1750. The van der Waals surface area contributed by atoms with Crippen LogP contribution in [0.4, 0.5) is 0 Å². The second-order valence-electron chi connectivity index (χ2n) is 20.3. The Balaban J connectivity index is 0. The normalized spacial score (nSPS) is 27.5. The monoisotopic (exact) mass is 1120 g/mol. The lowest BCUT2D eigenvalue weighted by Crippen LogP contribution is -2.62. The smallest absolute Gasteiger partial charge is 0.311 e. The largest absolute Gasteiger partial charge is 0.481 e. The molecule has 454 valence electrons. The predicted octanol–water partition coefficient (Wildman–Crippen LogP) is 3.69. The van der Waals surface area contributed by atoms with E-state index >= 15 is 0 Å². The summed E-state index contributed by atoms with van der Waals surface area (Å²) in [6.45, 7) is 20.6. The van der Waals surface area contributed by atoms with Gasteiger partial charge in [0.05, 0.1) is 79.6 Å². The summed E-state index contributed by atoms with van der Waals surface area (Å²) in [5, 5.41) is 113. The minimum absolute atomic E-state index is 0.000424. The third-order valence-electron chi connectivity index (χ3n) is 13.2. The van der Waals surface area contributed by atoms with Gasteiger partial charge in [0, 0.05) is 31.1 Å². The van der Waals surface area contributed by atoms with Crippen molar-refractivity contribution in [3.8, 4) is 0 Å². The maximum Gasteiger partial charge on any atom is 0.311 e. The summed E-state index contributed by atoms with van der Waals surface area (Å²) in [7, 11) is 4.89. The third-order valence-corrected chi connectivity index (χ3v) is 13.2. The Hall–Kier alpha value is -3.52. The molecule has 19 atom stereocenters. The van der Waals surface area contributed by atoms with E-state index in [0.717, 1.165) is 25.8 Å². The quantitative estimate of drug-likeness (QED) is 0.0259. The van der Waals surface area contributed by atoms with Gasteiger partial charge in [-0.1, -0.05) is 127 Å². The fourth-order valence-corrected chi connectivity index (χ4v) is 8.58. The molecule has 0 aromatic carbocycles. The number of aliphatic hydroxyl groups excluding tert-OH is 9. The lowest BCUT2D eigenvalue weighted by Gasteiger charge is -2.46. The van der Waals surface area contributed by atoms with Crippen LogP contribution in [0.5, 0.6) is 0 Å². The second-order valence-corrected chi connectivity index (χ2v) is 20.3. The minimum atomic E-state index is -2.10. The summed E-state index contributed by atoms with van der Waals surface area (Å²) in [5.41, 5.74) is 9.64. The Morgan fingerprint density at radius 3 is 1.92 bits per heavy atom. The van der Waals surface area contributed by atoms with Gasteiger partial charge in [0.15, 0.2) is 12.1 Å². The van der Waals surface area contributed by atoms with E-state index in [-0.39, 0.29) is 37.5 Å². The molecule has 2 heterocycles. The minimum Gasteiger partial charge on any atom is -0.481 e. The lowest BCUT2D eigenvalue weighted by atomic mass is 9.83. The number of rotatable bonds is 32. The molecular formula is C58H105N3O17. The average molecular weight is 1120 g/mol. The molecular weight excluding hydrogens is 1010 g/mol. The van der Waals surface area contributed by atoms with E-state index < -0.39 is 128 Å². The van der Waals surface area contributed by atoms with Gasteiger partial charge in [0.1, 0.15) is 18.1 Å². The zero-order valence-corrected chi connectivity index (χ0v) is 48.4. The number of carboxylic acids is 1. The van der Waals surface area contributed by atoms with Gasteiger partial charge < -0.3 is 91.5 Å². The van der Waals surface area contributed by atoms with Gasteiger partial charge in [0.25, 0.3) is 0 Å². The average Bonchev–Trinajstić information content (AvgIpc) is 3.35. The summed E-state index contributed by atoms with van der Waals surface area (Å²) in [6, 6.07) is -0.700. The predicted molar refractivity (Wildman–Crippen MR) is 303 cm³/mol. The van der Waals surface area contributed by atoms with Crippen molar-refractivity contribution in [3.05, 3.63) is 86.1 Å². The van der Waals surface area contributed by atoms with Crippen molar-refractivity contribution in [2.24, 2.45) is 29.2 Å². The van der Waals surface area contributed by atoms with Crippen LogP contribution in [0.1, 0.15) is 126 Å². The number of ether oxygens (including phenoxy) is 4. The molecule has 20 nitrogen and oxygen atoms in total. The second kappa shape index (κ2) is 43.2. The molecule has 0 radical (unpaired) electrons. The Morgan fingerprint density at radius 2 is 1.41 bits per heavy atom. The summed E-state index contributed by atoms with van der Waals surface area (Å²) < 4.78 is 22.8. The third kappa shape index (κ3) is 31.5. The van der Waals surface area contributed by atoms with Crippen LogP contribution < -0.4 is 11.5 Å². The molecule has 0 aromatic rings. The van der Waals surface area contributed by atoms with Crippen molar-refractivity contribution in [2.75, 3.05) is 27.7 Å². The first kappa shape index (κ1) is 76.5. The van der Waals surface area contributed by atoms with Crippen molar-refractivity contribution in [2.45, 2.75) is 223 Å². The van der Waals surface area contributed by atoms with E-state index in [1.54, 1.807) is 45.0 Å². The molecule has 78 heavy (non-hydrogen) atoms. The lowest BCUT2D eigenvalue weighted by molar-refractivity contribution is -0.312. The number of hydrogen-bond acceptors (Lipinski definition) is 19. The number of nitrogens with two attached hydrogens (primary N) is 2. The van der Waals surface area contributed by atoms with Gasteiger partial charge >= 0.3 is 11.9 Å². The first-order valence-corrected chi connectivity index (χ1v) is 27.5. The van der Waals surface area contributed by atoms with Gasteiger partial charge in [0.2, 0.25) is 0 Å². The highest BCUT2D eigenvalue weighted by Gasteiger charge is 2.51. The molecule has 2 unspecified atom stereocenters. The van der Waals surface area contributed by atoms with E-state index in [0.29, 0.717) is 6.42 Å².